The topological polar surface area (TPSA) is 126 Å². The SMILES string of the molecule is OC[C@H]1O[C@@H](n2cnc3c(NCc4cccc(Br)c4)ncnc32)[C@@H](O)[C@@H]1O. The van der Waals surface area contributed by atoms with Crippen molar-refractivity contribution in [3.8, 4) is 0 Å². The van der Waals surface area contributed by atoms with E-state index in [1.807, 2.05) is 24.3 Å². The molecule has 0 spiro atoms. The van der Waals surface area contributed by atoms with Gasteiger partial charge in [-0.1, -0.05) is 28.1 Å². The first-order chi connectivity index (χ1) is 13.1. The molecule has 1 fully saturated rings. The molecule has 1 aliphatic rings. The van der Waals surface area contributed by atoms with E-state index in [2.05, 4.69) is 36.2 Å². The van der Waals surface area contributed by atoms with E-state index in [1.165, 1.54) is 17.2 Å². The Labute approximate surface area is 162 Å². The summed E-state index contributed by atoms with van der Waals surface area (Å²) in [4.78, 5) is 12.8. The van der Waals surface area contributed by atoms with Crippen LogP contribution < -0.4 is 5.32 Å². The number of benzene rings is 1. The van der Waals surface area contributed by atoms with Crippen LogP contribution in [0.4, 0.5) is 5.82 Å². The first-order valence-corrected chi connectivity index (χ1v) is 9.16. The molecule has 4 N–H and O–H groups in total. The van der Waals surface area contributed by atoms with Gasteiger partial charge in [-0.25, -0.2) is 15.0 Å². The lowest BCUT2D eigenvalue weighted by molar-refractivity contribution is -0.0511. The van der Waals surface area contributed by atoms with Crippen molar-refractivity contribution in [2.75, 3.05) is 11.9 Å². The number of aliphatic hydroxyl groups is 3. The smallest absolute Gasteiger partial charge is 0.167 e. The molecule has 0 amide bonds. The Kier molecular flexibility index (Phi) is 5.06. The van der Waals surface area contributed by atoms with Gasteiger partial charge in [-0.15, -0.1) is 0 Å². The number of nitrogens with zero attached hydrogens (tertiary/aromatic N) is 4. The maximum atomic E-state index is 10.2. The number of anilines is 1. The molecule has 142 valence electrons. The van der Waals surface area contributed by atoms with Crippen molar-refractivity contribution >= 4 is 32.9 Å². The van der Waals surface area contributed by atoms with Gasteiger partial charge in [0.2, 0.25) is 0 Å². The third kappa shape index (κ3) is 3.42. The summed E-state index contributed by atoms with van der Waals surface area (Å²) in [5.41, 5.74) is 2.04. The second-order valence-corrected chi connectivity index (χ2v) is 7.17. The lowest BCUT2D eigenvalue weighted by Gasteiger charge is -2.16. The molecule has 27 heavy (non-hydrogen) atoms. The Morgan fingerprint density at radius 1 is 1.19 bits per heavy atom. The number of fused-ring (bicyclic) bond motifs is 1. The molecule has 3 aromatic rings. The van der Waals surface area contributed by atoms with Gasteiger partial charge in [0.1, 0.15) is 24.6 Å². The van der Waals surface area contributed by atoms with Crippen molar-refractivity contribution in [3.05, 3.63) is 47.0 Å². The van der Waals surface area contributed by atoms with Crippen LogP contribution in [0.25, 0.3) is 11.2 Å². The Morgan fingerprint density at radius 3 is 2.78 bits per heavy atom. The number of aromatic nitrogens is 4. The summed E-state index contributed by atoms with van der Waals surface area (Å²) in [6.45, 7) is 0.155. The van der Waals surface area contributed by atoms with Gasteiger partial charge in [0, 0.05) is 11.0 Å². The molecule has 0 saturated carbocycles. The minimum Gasteiger partial charge on any atom is -0.394 e. The number of imidazole rings is 1. The summed E-state index contributed by atoms with van der Waals surface area (Å²) in [7, 11) is 0. The molecule has 0 aliphatic carbocycles. The number of hydrogen-bond acceptors (Lipinski definition) is 8. The lowest BCUT2D eigenvalue weighted by atomic mass is 10.1. The molecule has 3 heterocycles. The standard InChI is InChI=1S/C17H18BrN5O4/c18-10-3-1-2-9(4-10)5-19-15-12-16(21-7-20-15)23(8-22-12)17-14(26)13(25)11(6-24)27-17/h1-4,7-8,11,13-14,17,24-26H,5-6H2,(H,19,20,21)/t11-,13-,14+,17-/m1/s1. The highest BCUT2D eigenvalue weighted by Crippen LogP contribution is 2.32. The lowest BCUT2D eigenvalue weighted by Crippen LogP contribution is -2.33. The van der Waals surface area contributed by atoms with E-state index in [0.29, 0.717) is 23.5 Å². The fraction of sp³-hybridized carbons (Fsp3) is 0.353. The van der Waals surface area contributed by atoms with Gasteiger partial charge in [-0.3, -0.25) is 4.57 Å². The maximum Gasteiger partial charge on any atom is 0.167 e. The highest BCUT2D eigenvalue weighted by atomic mass is 79.9. The average Bonchev–Trinajstić information content (AvgIpc) is 3.22. The normalized spacial score (nSPS) is 25.2. The quantitative estimate of drug-likeness (QED) is 0.463. The van der Waals surface area contributed by atoms with Crippen molar-refractivity contribution in [1.29, 1.82) is 0 Å². The molecule has 1 saturated heterocycles. The van der Waals surface area contributed by atoms with E-state index in [-0.39, 0.29) is 0 Å². The first kappa shape index (κ1) is 18.3. The summed E-state index contributed by atoms with van der Waals surface area (Å²) in [5.74, 6) is 0.547. The van der Waals surface area contributed by atoms with E-state index in [1.54, 1.807) is 0 Å². The predicted octanol–water partition coefficient (Wildman–Crippen LogP) is 0.812. The molecule has 0 unspecified atom stereocenters. The van der Waals surface area contributed by atoms with Crippen LogP contribution in [0.2, 0.25) is 0 Å². The molecule has 1 aliphatic heterocycles. The molecular formula is C17H18BrN5O4. The van der Waals surface area contributed by atoms with Gasteiger partial charge < -0.3 is 25.4 Å². The zero-order valence-corrected chi connectivity index (χ0v) is 15.7. The van der Waals surface area contributed by atoms with Crippen LogP contribution in [0.1, 0.15) is 11.8 Å². The largest absolute Gasteiger partial charge is 0.394 e. The molecular weight excluding hydrogens is 418 g/mol. The van der Waals surface area contributed by atoms with Gasteiger partial charge >= 0.3 is 0 Å². The second-order valence-electron chi connectivity index (χ2n) is 6.26. The maximum absolute atomic E-state index is 10.2. The molecule has 4 rings (SSSR count). The molecule has 0 radical (unpaired) electrons. The summed E-state index contributed by atoms with van der Waals surface area (Å²) in [6, 6.07) is 7.90. The minimum atomic E-state index is -1.20. The highest BCUT2D eigenvalue weighted by molar-refractivity contribution is 9.10. The van der Waals surface area contributed by atoms with Crippen LogP contribution in [0.15, 0.2) is 41.4 Å². The van der Waals surface area contributed by atoms with Crippen LogP contribution in [0, 0.1) is 0 Å². The number of halogens is 1. The second kappa shape index (κ2) is 7.49. The monoisotopic (exact) mass is 435 g/mol. The number of ether oxygens (including phenoxy) is 1. The van der Waals surface area contributed by atoms with Crippen LogP contribution in [0.5, 0.6) is 0 Å². The minimum absolute atomic E-state index is 0.393. The predicted molar refractivity (Wildman–Crippen MR) is 99.8 cm³/mol. The van der Waals surface area contributed by atoms with Gasteiger partial charge in [0.05, 0.1) is 12.9 Å². The average molecular weight is 436 g/mol. The third-order valence-electron chi connectivity index (χ3n) is 4.50. The molecule has 0 bridgehead atoms. The van der Waals surface area contributed by atoms with Gasteiger partial charge in [0.15, 0.2) is 23.2 Å². The molecule has 4 atom stereocenters. The van der Waals surface area contributed by atoms with E-state index in [4.69, 9.17) is 4.74 Å². The highest BCUT2D eigenvalue weighted by Gasteiger charge is 2.44. The Hall–Kier alpha value is -2.11. The number of nitrogens with one attached hydrogen (secondary N) is 1. The van der Waals surface area contributed by atoms with E-state index < -0.39 is 31.1 Å². The molecule has 9 nitrogen and oxygen atoms in total. The zero-order chi connectivity index (χ0) is 19.0. The summed E-state index contributed by atoms with van der Waals surface area (Å²) in [5, 5.41) is 32.7. The molecule has 10 heteroatoms. The summed E-state index contributed by atoms with van der Waals surface area (Å²) >= 11 is 3.45. The van der Waals surface area contributed by atoms with E-state index >= 15 is 0 Å². The van der Waals surface area contributed by atoms with Crippen LogP contribution in [-0.4, -0.2) is 59.8 Å². The Morgan fingerprint density at radius 2 is 2.04 bits per heavy atom. The van der Waals surface area contributed by atoms with E-state index in [0.717, 1.165) is 10.0 Å². The van der Waals surface area contributed by atoms with Gasteiger partial charge in [0.25, 0.3) is 0 Å². The number of rotatable bonds is 5. The fourth-order valence-corrected chi connectivity index (χ4v) is 3.56. The summed E-state index contributed by atoms with van der Waals surface area (Å²) in [6.07, 6.45) is -1.27. The fourth-order valence-electron chi connectivity index (χ4n) is 3.11. The van der Waals surface area contributed by atoms with Crippen molar-refractivity contribution in [3.63, 3.8) is 0 Å². The third-order valence-corrected chi connectivity index (χ3v) is 4.99. The zero-order valence-electron chi connectivity index (χ0n) is 14.1. The van der Waals surface area contributed by atoms with Crippen LogP contribution in [0.3, 0.4) is 0 Å². The van der Waals surface area contributed by atoms with Crippen molar-refractivity contribution < 1.29 is 20.1 Å². The number of hydrogen-bond donors (Lipinski definition) is 4. The summed E-state index contributed by atoms with van der Waals surface area (Å²) < 4.78 is 8.08. The van der Waals surface area contributed by atoms with Crippen molar-refractivity contribution in [2.45, 2.75) is 31.1 Å². The number of aliphatic hydroxyl groups excluding tert-OH is 3. The van der Waals surface area contributed by atoms with Crippen molar-refractivity contribution in [2.24, 2.45) is 0 Å². The first-order valence-electron chi connectivity index (χ1n) is 8.37. The molecule has 2 aromatic heterocycles. The Bertz CT molecular complexity index is 952. The van der Waals surface area contributed by atoms with E-state index in [9.17, 15) is 15.3 Å². The molecule has 1 aromatic carbocycles. The Balaban J connectivity index is 1.60. The van der Waals surface area contributed by atoms with Gasteiger partial charge in [-0.05, 0) is 17.7 Å². The van der Waals surface area contributed by atoms with Gasteiger partial charge in [-0.2, -0.15) is 0 Å². The van der Waals surface area contributed by atoms with Crippen molar-refractivity contribution in [1.82, 2.24) is 19.5 Å². The van der Waals surface area contributed by atoms with Crippen LogP contribution in [-0.2, 0) is 11.3 Å². The van der Waals surface area contributed by atoms with Crippen LogP contribution >= 0.6 is 15.9 Å².